The highest BCUT2D eigenvalue weighted by molar-refractivity contribution is 7.90. The van der Waals surface area contributed by atoms with Gasteiger partial charge in [-0.2, -0.15) is 0 Å². The van der Waals surface area contributed by atoms with Gasteiger partial charge in [0.15, 0.2) is 9.84 Å². The molecule has 0 bridgehead atoms. The molecule has 7 heteroatoms. The van der Waals surface area contributed by atoms with Crippen molar-refractivity contribution in [3.05, 3.63) is 52.8 Å². The predicted octanol–water partition coefficient (Wildman–Crippen LogP) is 2.09. The molecule has 1 aromatic carbocycles. The Morgan fingerprint density at radius 1 is 1.20 bits per heavy atom. The number of methoxy groups -OCH3 is 1. The zero-order valence-electron chi connectivity index (χ0n) is 14.3. The molecule has 1 unspecified atom stereocenters. The van der Waals surface area contributed by atoms with E-state index in [4.69, 9.17) is 4.74 Å². The van der Waals surface area contributed by atoms with E-state index < -0.39 is 21.7 Å². The number of aromatic nitrogens is 1. The third-order valence-electron chi connectivity index (χ3n) is 4.51. The minimum absolute atomic E-state index is 0.0401. The summed E-state index contributed by atoms with van der Waals surface area (Å²) in [6.45, 7) is 2.31. The lowest BCUT2D eigenvalue weighted by Crippen LogP contribution is -2.13. The Hall–Kier alpha value is -2.41. The van der Waals surface area contributed by atoms with Gasteiger partial charge in [-0.05, 0) is 19.4 Å². The van der Waals surface area contributed by atoms with Crippen molar-refractivity contribution < 1.29 is 22.7 Å². The molecule has 1 aliphatic heterocycles. The monoisotopic (exact) mass is 361 g/mol. The molecule has 1 aromatic heterocycles. The summed E-state index contributed by atoms with van der Waals surface area (Å²) in [4.78, 5) is 24.9. The summed E-state index contributed by atoms with van der Waals surface area (Å²) in [7, 11) is -2.33. The smallest absolute Gasteiger partial charge is 0.314 e. The van der Waals surface area contributed by atoms with Crippen LogP contribution < -0.4 is 0 Å². The average molecular weight is 361 g/mol. The van der Waals surface area contributed by atoms with E-state index in [9.17, 15) is 18.0 Å². The van der Waals surface area contributed by atoms with Gasteiger partial charge in [-0.25, -0.2) is 8.42 Å². The molecule has 2 heterocycles. The van der Waals surface area contributed by atoms with Crippen molar-refractivity contribution in [1.29, 1.82) is 0 Å². The number of nitrogens with zero attached hydrogens (tertiary/aromatic N) is 1. The number of esters is 1. The summed E-state index contributed by atoms with van der Waals surface area (Å²) in [6, 6.07) is 8.40. The third kappa shape index (κ3) is 3.00. The van der Waals surface area contributed by atoms with Gasteiger partial charge in [-0.1, -0.05) is 29.8 Å². The van der Waals surface area contributed by atoms with Gasteiger partial charge >= 0.3 is 5.97 Å². The number of ether oxygens (including phenoxy) is 1. The molecular weight excluding hydrogens is 342 g/mol. The number of aryl methyl sites for hydroxylation is 1. The van der Waals surface area contributed by atoms with Gasteiger partial charge in [-0.3, -0.25) is 9.59 Å². The fourth-order valence-corrected chi connectivity index (χ4v) is 4.11. The van der Waals surface area contributed by atoms with Crippen molar-refractivity contribution in [2.75, 3.05) is 13.4 Å². The van der Waals surface area contributed by atoms with Crippen LogP contribution in [0.25, 0.3) is 0 Å². The Kier molecular flexibility index (Phi) is 4.28. The Balaban J connectivity index is 2.17. The first kappa shape index (κ1) is 17.4. The molecule has 6 nitrogen and oxygen atoms in total. The molecule has 0 radical (unpaired) electrons. The highest BCUT2D eigenvalue weighted by atomic mass is 32.2. The van der Waals surface area contributed by atoms with Gasteiger partial charge in [0, 0.05) is 24.1 Å². The van der Waals surface area contributed by atoms with Crippen LogP contribution in [0.3, 0.4) is 0 Å². The van der Waals surface area contributed by atoms with E-state index >= 15 is 0 Å². The van der Waals surface area contributed by atoms with Gasteiger partial charge in [0.2, 0.25) is 5.78 Å². The molecule has 0 fully saturated rings. The number of benzene rings is 1. The number of hydrogen-bond acceptors (Lipinski definition) is 5. The van der Waals surface area contributed by atoms with E-state index in [0.29, 0.717) is 24.2 Å². The summed E-state index contributed by atoms with van der Waals surface area (Å²) >= 11 is 0. The van der Waals surface area contributed by atoms with Crippen molar-refractivity contribution in [2.45, 2.75) is 30.7 Å². The standard InChI is InChI=1S/C18H19NO5S/c1-11-4-6-12(7-5-11)17(20)16-15(25(3,22)23)10-14-13(18(21)24-2)8-9-19(14)16/h4-7,10,13H,8-9H2,1-3H3. The molecule has 0 aliphatic carbocycles. The van der Waals surface area contributed by atoms with Gasteiger partial charge in [0.05, 0.1) is 17.9 Å². The first-order valence-corrected chi connectivity index (χ1v) is 9.76. The first-order valence-electron chi connectivity index (χ1n) is 7.86. The van der Waals surface area contributed by atoms with Crippen molar-refractivity contribution in [3.63, 3.8) is 0 Å². The summed E-state index contributed by atoms with van der Waals surface area (Å²) in [5.74, 6) is -1.34. The van der Waals surface area contributed by atoms with Gasteiger partial charge in [0.1, 0.15) is 5.69 Å². The fourth-order valence-electron chi connectivity index (χ4n) is 3.22. The van der Waals surface area contributed by atoms with E-state index in [1.165, 1.54) is 13.2 Å². The summed E-state index contributed by atoms with van der Waals surface area (Å²) in [5, 5.41) is 0. The summed E-state index contributed by atoms with van der Waals surface area (Å²) in [6.07, 6.45) is 1.55. The number of ketones is 1. The number of sulfone groups is 1. The number of hydrogen-bond donors (Lipinski definition) is 0. The molecule has 0 saturated heterocycles. The van der Waals surface area contributed by atoms with Gasteiger partial charge in [-0.15, -0.1) is 0 Å². The van der Waals surface area contributed by atoms with E-state index in [0.717, 1.165) is 11.8 Å². The van der Waals surface area contributed by atoms with Crippen LogP contribution in [0.5, 0.6) is 0 Å². The Morgan fingerprint density at radius 2 is 1.84 bits per heavy atom. The minimum atomic E-state index is -3.62. The van der Waals surface area contributed by atoms with Crippen molar-refractivity contribution >= 4 is 21.6 Å². The molecule has 132 valence electrons. The van der Waals surface area contributed by atoms with E-state index in [2.05, 4.69) is 0 Å². The van der Waals surface area contributed by atoms with Crippen molar-refractivity contribution in [1.82, 2.24) is 4.57 Å². The first-order chi connectivity index (χ1) is 11.7. The SMILES string of the molecule is COC(=O)C1CCn2c1cc(S(C)(=O)=O)c2C(=O)c1ccc(C)cc1. The van der Waals surface area contributed by atoms with E-state index in [1.54, 1.807) is 28.8 Å². The highest BCUT2D eigenvalue weighted by Crippen LogP contribution is 2.36. The zero-order chi connectivity index (χ0) is 18.4. The van der Waals surface area contributed by atoms with Crippen molar-refractivity contribution in [3.8, 4) is 0 Å². The van der Waals surface area contributed by atoms with Crippen LogP contribution in [0, 0.1) is 6.92 Å². The van der Waals surface area contributed by atoms with Crippen LogP contribution in [0.2, 0.25) is 0 Å². The lowest BCUT2D eigenvalue weighted by molar-refractivity contribution is -0.142. The zero-order valence-corrected chi connectivity index (χ0v) is 15.1. The topological polar surface area (TPSA) is 82.4 Å². The summed E-state index contributed by atoms with van der Waals surface area (Å²) < 4.78 is 30.9. The number of rotatable bonds is 4. The largest absolute Gasteiger partial charge is 0.469 e. The lowest BCUT2D eigenvalue weighted by Gasteiger charge is -2.08. The number of carbonyl (C=O) groups is 2. The lowest BCUT2D eigenvalue weighted by atomic mass is 10.0. The second kappa shape index (κ2) is 6.15. The molecule has 25 heavy (non-hydrogen) atoms. The van der Waals surface area contributed by atoms with Crippen LogP contribution in [0.15, 0.2) is 35.2 Å². The maximum atomic E-state index is 13.0. The van der Waals surface area contributed by atoms with Crippen LogP contribution >= 0.6 is 0 Å². The second-order valence-corrected chi connectivity index (χ2v) is 8.25. The Labute approximate surface area is 146 Å². The maximum absolute atomic E-state index is 13.0. The molecule has 0 N–H and O–H groups in total. The quantitative estimate of drug-likeness (QED) is 0.615. The summed E-state index contributed by atoms with van der Waals surface area (Å²) in [5.41, 5.74) is 2.06. The highest BCUT2D eigenvalue weighted by Gasteiger charge is 2.37. The molecule has 3 rings (SSSR count). The Morgan fingerprint density at radius 3 is 2.40 bits per heavy atom. The van der Waals surface area contributed by atoms with Crippen molar-refractivity contribution in [2.24, 2.45) is 0 Å². The van der Waals surface area contributed by atoms with Gasteiger partial charge in [0.25, 0.3) is 0 Å². The molecule has 0 saturated carbocycles. The second-order valence-electron chi connectivity index (χ2n) is 6.27. The molecule has 1 atom stereocenters. The van der Waals surface area contributed by atoms with Crippen LogP contribution in [0.1, 0.15) is 39.6 Å². The maximum Gasteiger partial charge on any atom is 0.314 e. The molecule has 1 aliphatic rings. The Bertz CT molecular complexity index is 954. The van der Waals surface area contributed by atoms with E-state index in [-0.39, 0.29) is 16.4 Å². The molecule has 0 spiro atoms. The molecule has 2 aromatic rings. The van der Waals surface area contributed by atoms with Crippen LogP contribution in [-0.2, 0) is 25.9 Å². The van der Waals surface area contributed by atoms with Gasteiger partial charge < -0.3 is 9.30 Å². The number of carbonyl (C=O) groups excluding carboxylic acids is 2. The number of fused-ring (bicyclic) bond motifs is 1. The predicted molar refractivity (Wildman–Crippen MR) is 91.5 cm³/mol. The molecule has 0 amide bonds. The normalized spacial score (nSPS) is 16.5. The fraction of sp³-hybridized carbons (Fsp3) is 0.333. The van der Waals surface area contributed by atoms with Crippen LogP contribution in [0.4, 0.5) is 0 Å². The average Bonchev–Trinajstić information content (AvgIpc) is 3.12. The van der Waals surface area contributed by atoms with E-state index in [1.807, 2.05) is 6.92 Å². The minimum Gasteiger partial charge on any atom is -0.469 e. The third-order valence-corrected chi connectivity index (χ3v) is 5.62. The van der Waals surface area contributed by atoms with Crippen LogP contribution in [-0.4, -0.2) is 38.1 Å². The molecular formula is C18H19NO5S.